The lowest BCUT2D eigenvalue weighted by atomic mass is 9.67. The van der Waals surface area contributed by atoms with Crippen molar-refractivity contribution >= 4 is 55.4 Å². The van der Waals surface area contributed by atoms with Gasteiger partial charge in [-0.15, -0.1) is 11.6 Å². The van der Waals surface area contributed by atoms with Crippen LogP contribution in [0.2, 0.25) is 0 Å². The predicted molar refractivity (Wildman–Crippen MR) is 147 cm³/mol. The molecule has 1 saturated heterocycles. The number of benzene rings is 1. The van der Waals surface area contributed by atoms with Crippen LogP contribution in [-0.4, -0.2) is 63.2 Å². The van der Waals surface area contributed by atoms with E-state index in [9.17, 15) is 22.8 Å². The summed E-state index contributed by atoms with van der Waals surface area (Å²) in [5.74, 6) is -2.72. The minimum atomic E-state index is -5.13. The average molecular weight is 707 g/mol. The molecule has 1 aromatic carbocycles. The van der Waals surface area contributed by atoms with E-state index in [1.165, 1.54) is 37.3 Å². The summed E-state index contributed by atoms with van der Waals surface area (Å²) in [5, 5.41) is 0. The van der Waals surface area contributed by atoms with E-state index >= 15 is 0 Å². The van der Waals surface area contributed by atoms with Crippen LogP contribution in [0.1, 0.15) is 59.4 Å². The van der Waals surface area contributed by atoms with Gasteiger partial charge >= 0.3 is 18.1 Å². The molecular formula is C27H34Br2ClF3O6. The quantitative estimate of drug-likeness (QED) is 0.239. The Labute approximate surface area is 248 Å². The highest BCUT2D eigenvalue weighted by atomic mass is 79.9. The molecule has 12 heteroatoms. The first-order chi connectivity index (χ1) is 17.8. The summed E-state index contributed by atoms with van der Waals surface area (Å²) in [6, 6.07) is 6.64. The van der Waals surface area contributed by atoms with E-state index in [4.69, 9.17) is 30.5 Å². The van der Waals surface area contributed by atoms with Crippen molar-refractivity contribution in [1.82, 2.24) is 0 Å². The van der Waals surface area contributed by atoms with Crippen LogP contribution >= 0.6 is 43.5 Å². The van der Waals surface area contributed by atoms with Gasteiger partial charge in [-0.2, -0.15) is 13.2 Å². The van der Waals surface area contributed by atoms with Gasteiger partial charge < -0.3 is 18.9 Å². The number of rotatable bonds is 6. The lowest BCUT2D eigenvalue weighted by Gasteiger charge is -2.57. The molecule has 0 N–H and O–H groups in total. The number of ether oxygens (including phenoxy) is 4. The van der Waals surface area contributed by atoms with Crippen LogP contribution in [0.4, 0.5) is 13.2 Å². The molecule has 0 radical (unpaired) electrons. The Morgan fingerprint density at radius 3 is 2.13 bits per heavy atom. The Balaban J connectivity index is 2.10. The molecule has 39 heavy (non-hydrogen) atoms. The van der Waals surface area contributed by atoms with Crippen LogP contribution in [0.25, 0.3) is 0 Å². The van der Waals surface area contributed by atoms with Crippen molar-refractivity contribution in [2.45, 2.75) is 104 Å². The molecular weight excluding hydrogens is 673 g/mol. The zero-order valence-electron chi connectivity index (χ0n) is 22.6. The Morgan fingerprint density at radius 1 is 1.03 bits per heavy atom. The molecule has 2 aliphatic rings. The first kappa shape index (κ1) is 32.6. The van der Waals surface area contributed by atoms with Crippen LogP contribution in [0, 0.1) is 5.92 Å². The number of hydrogen-bond donors (Lipinski definition) is 0. The number of esters is 2. The van der Waals surface area contributed by atoms with E-state index < -0.39 is 63.5 Å². The molecule has 0 aromatic heterocycles. The summed E-state index contributed by atoms with van der Waals surface area (Å²) >= 11 is 13.9. The van der Waals surface area contributed by atoms with Crippen LogP contribution in [-0.2, 0) is 34.1 Å². The maximum Gasteiger partial charge on any atom is 0.432 e. The fraction of sp³-hybridized carbons (Fsp3) is 0.704. The maximum atomic E-state index is 14.6. The first-order valence-electron chi connectivity index (χ1n) is 12.5. The van der Waals surface area contributed by atoms with Crippen molar-refractivity contribution in [3.05, 3.63) is 35.9 Å². The summed E-state index contributed by atoms with van der Waals surface area (Å²) in [6.45, 7) is 8.45. The van der Waals surface area contributed by atoms with Crippen LogP contribution in [0.5, 0.6) is 0 Å². The van der Waals surface area contributed by atoms with E-state index in [2.05, 4.69) is 31.9 Å². The molecule has 0 spiro atoms. The van der Waals surface area contributed by atoms with E-state index in [1.54, 1.807) is 6.92 Å². The Hall–Kier alpha value is -0.880. The van der Waals surface area contributed by atoms with Crippen molar-refractivity contribution in [3.63, 3.8) is 0 Å². The van der Waals surface area contributed by atoms with Crippen molar-refractivity contribution in [2.75, 3.05) is 7.11 Å². The molecule has 1 heterocycles. The second-order valence-corrected chi connectivity index (χ2v) is 14.2. The highest BCUT2D eigenvalue weighted by Crippen LogP contribution is 2.53. The average Bonchev–Trinajstić information content (AvgIpc) is 2.79. The molecule has 2 fully saturated rings. The summed E-state index contributed by atoms with van der Waals surface area (Å²) in [6.07, 6.45) is -6.30. The number of hydrogen-bond acceptors (Lipinski definition) is 6. The van der Waals surface area contributed by atoms with Gasteiger partial charge in [0.05, 0.1) is 10.5 Å². The normalized spacial score (nSPS) is 36.5. The standard InChI is InChI=1S/C27H34Br2ClF3O6/c1-15(34)37-18-14-24(4,30)20(29)12-17(18)25(5)21(13-19(28)23(2,3)39-25)38-22(35)26(36-6,27(31,32)33)16-10-8-7-9-11-16/h7-11,17-21H,12-14H2,1-6H3/t17-,18+,19-,20+,21-,24+,25-,26+/m0/s1. The number of carbonyl (C=O) groups is 2. The predicted octanol–water partition coefficient (Wildman–Crippen LogP) is 6.83. The zero-order valence-corrected chi connectivity index (χ0v) is 26.5. The lowest BCUT2D eigenvalue weighted by molar-refractivity contribution is -0.294. The van der Waals surface area contributed by atoms with Crippen molar-refractivity contribution in [2.24, 2.45) is 5.92 Å². The summed E-state index contributed by atoms with van der Waals surface area (Å²) in [4.78, 5) is 24.3. The van der Waals surface area contributed by atoms with Gasteiger partial charge in [0.25, 0.3) is 5.60 Å². The summed E-state index contributed by atoms with van der Waals surface area (Å²) in [7, 11) is 0.823. The van der Waals surface area contributed by atoms with Crippen molar-refractivity contribution < 1.29 is 41.7 Å². The van der Waals surface area contributed by atoms with E-state index in [1.807, 2.05) is 20.8 Å². The fourth-order valence-electron chi connectivity index (χ4n) is 5.71. The minimum Gasteiger partial charge on any atom is -0.462 e. The largest absolute Gasteiger partial charge is 0.462 e. The second-order valence-electron chi connectivity index (χ2n) is 11.2. The number of alkyl halides is 6. The molecule has 1 saturated carbocycles. The lowest BCUT2D eigenvalue weighted by Crippen LogP contribution is -2.67. The van der Waals surface area contributed by atoms with Crippen LogP contribution in [0.3, 0.4) is 0 Å². The van der Waals surface area contributed by atoms with Crippen LogP contribution < -0.4 is 0 Å². The third kappa shape index (κ3) is 6.17. The van der Waals surface area contributed by atoms with Crippen molar-refractivity contribution in [1.29, 1.82) is 0 Å². The zero-order chi connectivity index (χ0) is 29.6. The molecule has 0 unspecified atom stereocenters. The van der Waals surface area contributed by atoms with Gasteiger partial charge in [-0.3, -0.25) is 4.79 Å². The highest BCUT2D eigenvalue weighted by Gasteiger charge is 2.66. The monoisotopic (exact) mass is 704 g/mol. The molecule has 8 atom stereocenters. The van der Waals surface area contributed by atoms with Crippen molar-refractivity contribution in [3.8, 4) is 0 Å². The molecule has 220 valence electrons. The Bertz CT molecular complexity index is 1060. The summed E-state index contributed by atoms with van der Waals surface area (Å²) < 4.78 is 66.8. The molecule has 6 nitrogen and oxygen atoms in total. The maximum absolute atomic E-state index is 14.6. The number of methoxy groups -OCH3 is 1. The number of halogens is 6. The third-order valence-electron chi connectivity index (χ3n) is 7.94. The Kier molecular flexibility index (Phi) is 9.56. The van der Waals surface area contributed by atoms with Gasteiger partial charge in [0.1, 0.15) is 17.8 Å². The first-order valence-corrected chi connectivity index (χ1v) is 14.8. The van der Waals surface area contributed by atoms with E-state index in [0.29, 0.717) is 6.42 Å². The SMILES string of the molecule is CO[C@@](C(=O)O[C@H]1C[C@H](Br)C(C)(C)O[C@@]1(C)[C@H]1C[C@@H](Br)[C@](C)(Cl)C[C@H]1OC(C)=O)(c1ccccc1)C(F)(F)F. The molecule has 0 bridgehead atoms. The van der Waals surface area contributed by atoms with Gasteiger partial charge in [-0.25, -0.2) is 4.79 Å². The van der Waals surface area contributed by atoms with Gasteiger partial charge in [-0.05, 0) is 34.1 Å². The molecule has 3 rings (SSSR count). The van der Waals surface area contributed by atoms with Gasteiger partial charge in [0, 0.05) is 48.0 Å². The molecule has 1 aliphatic heterocycles. The summed E-state index contributed by atoms with van der Waals surface area (Å²) in [5.41, 5.74) is -5.93. The molecule has 0 amide bonds. The Morgan fingerprint density at radius 2 is 1.62 bits per heavy atom. The smallest absolute Gasteiger partial charge is 0.432 e. The van der Waals surface area contributed by atoms with Crippen LogP contribution in [0.15, 0.2) is 30.3 Å². The fourth-order valence-corrected chi connectivity index (χ4v) is 6.97. The topological polar surface area (TPSA) is 71.1 Å². The highest BCUT2D eigenvalue weighted by molar-refractivity contribution is 9.09. The number of carbonyl (C=O) groups excluding carboxylic acids is 2. The van der Waals surface area contributed by atoms with Gasteiger partial charge in [0.2, 0.25) is 0 Å². The third-order valence-corrected chi connectivity index (χ3v) is 11.5. The molecule has 1 aromatic rings. The van der Waals surface area contributed by atoms with E-state index in [-0.39, 0.29) is 22.5 Å². The second kappa shape index (κ2) is 11.4. The minimum absolute atomic E-state index is 0.135. The van der Waals surface area contributed by atoms with E-state index in [0.717, 1.165) is 7.11 Å². The molecule has 1 aliphatic carbocycles. The van der Waals surface area contributed by atoms with Gasteiger partial charge in [-0.1, -0.05) is 62.2 Å². The van der Waals surface area contributed by atoms with Gasteiger partial charge in [0.15, 0.2) is 0 Å².